The predicted molar refractivity (Wildman–Crippen MR) is 116 cm³/mol. The average molecular weight is 374 g/mol. The van der Waals surface area contributed by atoms with Gasteiger partial charge in [0.15, 0.2) is 5.96 Å². The summed E-state index contributed by atoms with van der Waals surface area (Å²) in [7, 11) is 0. The highest BCUT2D eigenvalue weighted by Crippen LogP contribution is 2.17. The van der Waals surface area contributed by atoms with Gasteiger partial charge < -0.3 is 20.6 Å². The molecule has 4 aromatic rings. The van der Waals surface area contributed by atoms with E-state index in [9.17, 15) is 0 Å². The second-order valence-electron chi connectivity index (χ2n) is 6.75. The predicted octanol–water partition coefficient (Wildman–Crippen LogP) is 3.38. The van der Waals surface area contributed by atoms with Crippen LogP contribution in [0.2, 0.25) is 0 Å². The first-order valence-corrected chi connectivity index (χ1v) is 9.84. The summed E-state index contributed by atoms with van der Waals surface area (Å²) in [4.78, 5) is 16.0. The van der Waals surface area contributed by atoms with E-state index in [0.29, 0.717) is 6.54 Å². The molecular weight excluding hydrogens is 348 g/mol. The van der Waals surface area contributed by atoms with Crippen molar-refractivity contribution in [3.8, 4) is 0 Å². The van der Waals surface area contributed by atoms with Gasteiger partial charge in [0.2, 0.25) is 0 Å². The number of aromatic nitrogens is 3. The normalized spacial score (nSPS) is 12.0. The van der Waals surface area contributed by atoms with Gasteiger partial charge in [0, 0.05) is 43.2 Å². The number of benzene rings is 2. The monoisotopic (exact) mass is 374 g/mol. The zero-order chi connectivity index (χ0) is 19.2. The van der Waals surface area contributed by atoms with Crippen molar-refractivity contribution in [3.05, 3.63) is 66.1 Å². The van der Waals surface area contributed by atoms with Crippen molar-refractivity contribution in [3.63, 3.8) is 0 Å². The first kappa shape index (κ1) is 18.1. The molecule has 2 aromatic heterocycles. The number of aromatic amines is 2. The molecule has 0 aliphatic carbocycles. The number of imidazole rings is 1. The number of nitrogens with zero attached hydrogens (tertiary/aromatic N) is 2. The Kier molecular flexibility index (Phi) is 5.56. The van der Waals surface area contributed by atoms with Crippen molar-refractivity contribution in [2.24, 2.45) is 4.99 Å². The molecule has 4 rings (SSSR count). The molecule has 0 aliphatic heterocycles. The van der Waals surface area contributed by atoms with E-state index in [-0.39, 0.29) is 0 Å². The van der Waals surface area contributed by atoms with E-state index in [2.05, 4.69) is 68.0 Å². The second-order valence-corrected chi connectivity index (χ2v) is 6.75. The van der Waals surface area contributed by atoms with Crippen molar-refractivity contribution in [1.82, 2.24) is 25.6 Å². The lowest BCUT2D eigenvalue weighted by molar-refractivity contribution is 0.794. The molecule has 2 aromatic carbocycles. The highest BCUT2D eigenvalue weighted by Gasteiger charge is 2.04. The summed E-state index contributed by atoms with van der Waals surface area (Å²) in [6.45, 7) is 4.43. The van der Waals surface area contributed by atoms with Gasteiger partial charge in [-0.1, -0.05) is 30.3 Å². The van der Waals surface area contributed by atoms with Gasteiger partial charge in [-0.15, -0.1) is 0 Å². The fraction of sp³-hybridized carbons (Fsp3) is 0.273. The largest absolute Gasteiger partial charge is 0.361 e. The maximum Gasteiger partial charge on any atom is 0.191 e. The van der Waals surface area contributed by atoms with Crippen molar-refractivity contribution >= 4 is 27.9 Å². The zero-order valence-corrected chi connectivity index (χ0v) is 16.1. The SMILES string of the molecule is CCNC(=NCCc1nc2ccccc2[nH]1)NCCc1c[nH]c2ccccc12. The molecule has 0 atom stereocenters. The molecule has 0 amide bonds. The molecule has 0 unspecified atom stereocenters. The minimum absolute atomic E-state index is 0.683. The Bertz CT molecular complexity index is 1040. The number of guanidine groups is 1. The summed E-state index contributed by atoms with van der Waals surface area (Å²) in [6, 6.07) is 16.5. The van der Waals surface area contributed by atoms with Crippen LogP contribution >= 0.6 is 0 Å². The lowest BCUT2D eigenvalue weighted by atomic mass is 10.1. The Balaban J connectivity index is 1.32. The Morgan fingerprint density at radius 1 is 1.00 bits per heavy atom. The fourth-order valence-electron chi connectivity index (χ4n) is 3.39. The topological polar surface area (TPSA) is 80.9 Å². The number of aliphatic imine (C=N–C) groups is 1. The van der Waals surface area contributed by atoms with Crippen molar-refractivity contribution in [2.45, 2.75) is 19.8 Å². The Morgan fingerprint density at radius 3 is 2.68 bits per heavy atom. The van der Waals surface area contributed by atoms with Crippen molar-refractivity contribution < 1.29 is 0 Å². The lowest BCUT2D eigenvalue weighted by Gasteiger charge is -2.11. The molecule has 0 radical (unpaired) electrons. The van der Waals surface area contributed by atoms with Gasteiger partial charge in [-0.25, -0.2) is 4.98 Å². The number of fused-ring (bicyclic) bond motifs is 2. The van der Waals surface area contributed by atoms with Crippen LogP contribution in [0.5, 0.6) is 0 Å². The van der Waals surface area contributed by atoms with Gasteiger partial charge in [0.1, 0.15) is 5.82 Å². The smallest absolute Gasteiger partial charge is 0.191 e. The van der Waals surface area contributed by atoms with Crippen LogP contribution in [-0.4, -0.2) is 40.5 Å². The Labute approximate surface area is 164 Å². The summed E-state index contributed by atoms with van der Waals surface area (Å²) < 4.78 is 0. The molecule has 2 heterocycles. The minimum Gasteiger partial charge on any atom is -0.361 e. The molecule has 0 saturated heterocycles. The number of rotatable bonds is 7. The van der Waals surface area contributed by atoms with Crippen LogP contribution < -0.4 is 10.6 Å². The second kappa shape index (κ2) is 8.61. The van der Waals surface area contributed by atoms with E-state index in [0.717, 1.165) is 48.7 Å². The van der Waals surface area contributed by atoms with Gasteiger partial charge >= 0.3 is 0 Å². The summed E-state index contributed by atoms with van der Waals surface area (Å²) in [5.41, 5.74) is 4.58. The molecule has 28 heavy (non-hydrogen) atoms. The summed E-state index contributed by atoms with van der Waals surface area (Å²) >= 11 is 0. The van der Waals surface area contributed by atoms with Crippen LogP contribution in [-0.2, 0) is 12.8 Å². The third kappa shape index (κ3) is 4.17. The number of hydrogen-bond donors (Lipinski definition) is 4. The van der Waals surface area contributed by atoms with Crippen LogP contribution in [0.25, 0.3) is 21.9 Å². The third-order valence-corrected chi connectivity index (χ3v) is 4.76. The van der Waals surface area contributed by atoms with Crippen LogP contribution in [0.3, 0.4) is 0 Å². The van der Waals surface area contributed by atoms with E-state index in [1.54, 1.807) is 0 Å². The average Bonchev–Trinajstić information content (AvgIpc) is 3.32. The zero-order valence-electron chi connectivity index (χ0n) is 16.1. The molecule has 6 nitrogen and oxygen atoms in total. The number of para-hydroxylation sites is 3. The lowest BCUT2D eigenvalue weighted by Crippen LogP contribution is -2.38. The first-order chi connectivity index (χ1) is 13.8. The van der Waals surface area contributed by atoms with Crippen molar-refractivity contribution in [2.75, 3.05) is 19.6 Å². The van der Waals surface area contributed by atoms with Crippen LogP contribution in [0.4, 0.5) is 0 Å². The fourth-order valence-corrected chi connectivity index (χ4v) is 3.39. The summed E-state index contributed by atoms with van der Waals surface area (Å²) in [5.74, 6) is 1.82. The summed E-state index contributed by atoms with van der Waals surface area (Å²) in [5, 5.41) is 8.03. The van der Waals surface area contributed by atoms with Gasteiger partial charge in [0.25, 0.3) is 0 Å². The third-order valence-electron chi connectivity index (χ3n) is 4.76. The number of hydrogen-bond acceptors (Lipinski definition) is 2. The van der Waals surface area contributed by atoms with Gasteiger partial charge in [-0.05, 0) is 37.1 Å². The maximum atomic E-state index is 4.69. The molecular formula is C22H26N6. The van der Waals surface area contributed by atoms with Gasteiger partial charge in [0.05, 0.1) is 11.0 Å². The van der Waals surface area contributed by atoms with Crippen LogP contribution in [0.15, 0.2) is 59.7 Å². The van der Waals surface area contributed by atoms with Crippen LogP contribution in [0.1, 0.15) is 18.3 Å². The standard InChI is InChI=1S/C22H26N6/c1-2-23-22(24-13-11-16-15-26-18-8-4-3-7-17(16)18)25-14-12-21-27-19-9-5-6-10-20(19)28-21/h3-10,15,26H,2,11-14H2,1H3,(H,27,28)(H2,23,24,25). The molecule has 0 saturated carbocycles. The number of H-pyrrole nitrogens is 2. The molecule has 0 spiro atoms. The molecule has 0 aliphatic rings. The van der Waals surface area contributed by atoms with E-state index in [1.807, 2.05) is 24.3 Å². The van der Waals surface area contributed by atoms with E-state index in [4.69, 9.17) is 0 Å². The molecule has 4 N–H and O–H groups in total. The van der Waals surface area contributed by atoms with Gasteiger partial charge in [-0.2, -0.15) is 0 Å². The highest BCUT2D eigenvalue weighted by atomic mass is 15.2. The van der Waals surface area contributed by atoms with Crippen molar-refractivity contribution in [1.29, 1.82) is 0 Å². The quantitative estimate of drug-likeness (QED) is 0.296. The van der Waals surface area contributed by atoms with E-state index < -0.39 is 0 Å². The Morgan fingerprint density at radius 2 is 1.82 bits per heavy atom. The van der Waals surface area contributed by atoms with Gasteiger partial charge in [-0.3, -0.25) is 4.99 Å². The maximum absolute atomic E-state index is 4.69. The molecule has 0 bridgehead atoms. The van der Waals surface area contributed by atoms with E-state index >= 15 is 0 Å². The summed E-state index contributed by atoms with van der Waals surface area (Å²) in [6.07, 6.45) is 3.82. The molecule has 144 valence electrons. The molecule has 0 fully saturated rings. The van der Waals surface area contributed by atoms with Crippen LogP contribution in [0, 0.1) is 0 Å². The first-order valence-electron chi connectivity index (χ1n) is 9.84. The highest BCUT2D eigenvalue weighted by molar-refractivity contribution is 5.83. The van der Waals surface area contributed by atoms with E-state index in [1.165, 1.54) is 16.5 Å². The minimum atomic E-state index is 0.683. The number of nitrogens with one attached hydrogen (secondary N) is 4. The Hall–Kier alpha value is -3.28. The molecule has 6 heteroatoms.